The largest absolute Gasteiger partial charge is 0.495 e. The fourth-order valence-electron chi connectivity index (χ4n) is 1.57. The highest BCUT2D eigenvalue weighted by Gasteiger charge is 2.12. The van der Waals surface area contributed by atoms with Gasteiger partial charge < -0.3 is 4.74 Å². The van der Waals surface area contributed by atoms with Gasteiger partial charge in [-0.25, -0.2) is 0 Å². The molecule has 2 rings (SSSR count). The van der Waals surface area contributed by atoms with E-state index in [0.717, 1.165) is 28.2 Å². The van der Waals surface area contributed by atoms with Gasteiger partial charge in [0.1, 0.15) is 11.6 Å². The second-order valence-electron chi connectivity index (χ2n) is 3.39. The van der Waals surface area contributed by atoms with Crippen LogP contribution in [-0.2, 0) is 6.42 Å². The molecule has 0 fully saturated rings. The van der Waals surface area contributed by atoms with Crippen molar-refractivity contribution in [2.24, 2.45) is 0 Å². The summed E-state index contributed by atoms with van der Waals surface area (Å²) in [5.41, 5.74) is 0.886. The number of ether oxygens (including phenoxy) is 1. The average Bonchev–Trinajstić information content (AvgIpc) is 2.71. The molecule has 0 spiro atoms. The molecular formula is C11H11BrClN3O. The number of aromatic nitrogens is 3. The van der Waals surface area contributed by atoms with Crippen LogP contribution in [0.25, 0.3) is 5.69 Å². The fourth-order valence-corrected chi connectivity index (χ4v) is 2.21. The van der Waals surface area contributed by atoms with Gasteiger partial charge in [-0.05, 0) is 39.7 Å². The molecule has 0 N–H and O–H groups in total. The normalized spacial score (nSPS) is 10.6. The molecule has 0 aliphatic carbocycles. The van der Waals surface area contributed by atoms with E-state index in [4.69, 9.17) is 16.3 Å². The lowest BCUT2D eigenvalue weighted by Crippen LogP contribution is -2.00. The minimum absolute atomic E-state index is 0.353. The number of methoxy groups -OCH3 is 1. The summed E-state index contributed by atoms with van der Waals surface area (Å²) in [4.78, 5) is 0. The van der Waals surface area contributed by atoms with Crippen molar-refractivity contribution in [3.8, 4) is 11.4 Å². The van der Waals surface area contributed by atoms with Gasteiger partial charge in [0.05, 0.1) is 17.3 Å². The maximum absolute atomic E-state index is 6.03. The molecule has 0 atom stereocenters. The molecule has 0 unspecified atom stereocenters. The molecule has 0 saturated carbocycles. The average molecular weight is 317 g/mol. The highest BCUT2D eigenvalue weighted by molar-refractivity contribution is 9.10. The van der Waals surface area contributed by atoms with Crippen molar-refractivity contribution in [3.63, 3.8) is 0 Å². The third-order valence-electron chi connectivity index (χ3n) is 2.40. The van der Waals surface area contributed by atoms with Crippen LogP contribution in [0.5, 0.6) is 5.75 Å². The van der Waals surface area contributed by atoms with E-state index in [9.17, 15) is 0 Å². The van der Waals surface area contributed by atoms with Crippen molar-refractivity contribution in [3.05, 3.63) is 33.8 Å². The quantitative estimate of drug-likeness (QED) is 0.872. The Morgan fingerprint density at radius 3 is 2.82 bits per heavy atom. The van der Waals surface area contributed by atoms with E-state index in [1.165, 1.54) is 0 Å². The predicted molar refractivity (Wildman–Crippen MR) is 70.0 cm³/mol. The van der Waals surface area contributed by atoms with Crippen molar-refractivity contribution in [2.75, 3.05) is 7.11 Å². The number of halogens is 2. The molecule has 0 aliphatic rings. The Morgan fingerprint density at radius 2 is 2.18 bits per heavy atom. The van der Waals surface area contributed by atoms with Gasteiger partial charge in [0, 0.05) is 12.5 Å². The predicted octanol–water partition coefficient (Wildman–Crippen LogP) is 3.25. The molecule has 0 aliphatic heterocycles. The van der Waals surface area contributed by atoms with Gasteiger partial charge >= 0.3 is 0 Å². The van der Waals surface area contributed by atoms with Crippen LogP contribution in [-0.4, -0.2) is 21.9 Å². The first kappa shape index (κ1) is 12.4. The molecule has 90 valence electrons. The van der Waals surface area contributed by atoms with E-state index >= 15 is 0 Å². The Labute approximate surface area is 113 Å². The van der Waals surface area contributed by atoms with Crippen molar-refractivity contribution in [2.45, 2.75) is 13.3 Å². The van der Waals surface area contributed by atoms with E-state index < -0.39 is 0 Å². The molecule has 2 aromatic rings. The summed E-state index contributed by atoms with van der Waals surface area (Å²) in [7, 11) is 1.62. The van der Waals surface area contributed by atoms with Gasteiger partial charge in [-0.2, -0.15) is 0 Å². The monoisotopic (exact) mass is 315 g/mol. The Morgan fingerprint density at radius 1 is 1.41 bits per heavy atom. The number of hydrogen-bond acceptors (Lipinski definition) is 3. The van der Waals surface area contributed by atoms with Crippen LogP contribution in [0.15, 0.2) is 22.7 Å². The summed E-state index contributed by atoms with van der Waals surface area (Å²) in [6.45, 7) is 2.01. The molecule has 0 amide bonds. The van der Waals surface area contributed by atoms with Gasteiger partial charge in [0.25, 0.3) is 0 Å². The number of aryl methyl sites for hydroxylation is 1. The van der Waals surface area contributed by atoms with Crippen LogP contribution < -0.4 is 4.74 Å². The van der Waals surface area contributed by atoms with Gasteiger partial charge in [-0.15, -0.1) is 10.2 Å². The van der Waals surface area contributed by atoms with Crippen LogP contribution in [0.4, 0.5) is 0 Å². The fraction of sp³-hybridized carbons (Fsp3) is 0.273. The van der Waals surface area contributed by atoms with E-state index in [1.54, 1.807) is 11.7 Å². The van der Waals surface area contributed by atoms with Crippen LogP contribution in [0, 0.1) is 0 Å². The zero-order valence-electron chi connectivity index (χ0n) is 9.44. The number of benzene rings is 1. The Kier molecular flexibility index (Phi) is 3.69. The van der Waals surface area contributed by atoms with E-state index in [-0.39, 0.29) is 0 Å². The number of nitrogens with zero attached hydrogens (tertiary/aromatic N) is 3. The first-order valence-electron chi connectivity index (χ1n) is 5.11. The molecule has 0 radical (unpaired) electrons. The van der Waals surface area contributed by atoms with Crippen molar-refractivity contribution >= 4 is 27.5 Å². The van der Waals surface area contributed by atoms with Crippen LogP contribution in [0.2, 0.25) is 5.28 Å². The Balaban J connectivity index is 2.56. The molecule has 6 heteroatoms. The second kappa shape index (κ2) is 5.06. The van der Waals surface area contributed by atoms with Crippen molar-refractivity contribution in [1.82, 2.24) is 14.8 Å². The summed E-state index contributed by atoms with van der Waals surface area (Å²) >= 11 is 9.44. The molecule has 0 bridgehead atoms. The smallest absolute Gasteiger partial charge is 0.229 e. The lowest BCUT2D eigenvalue weighted by atomic mass is 10.3. The lowest BCUT2D eigenvalue weighted by Gasteiger charge is -2.09. The van der Waals surface area contributed by atoms with Crippen molar-refractivity contribution < 1.29 is 4.74 Å². The van der Waals surface area contributed by atoms with Gasteiger partial charge in [0.2, 0.25) is 5.28 Å². The van der Waals surface area contributed by atoms with Crippen LogP contribution in [0.1, 0.15) is 12.7 Å². The van der Waals surface area contributed by atoms with Crippen LogP contribution >= 0.6 is 27.5 Å². The summed E-state index contributed by atoms with van der Waals surface area (Å²) in [5.74, 6) is 1.56. The molecule has 4 nitrogen and oxygen atoms in total. The maximum Gasteiger partial charge on any atom is 0.229 e. The van der Waals surface area contributed by atoms with Gasteiger partial charge in [-0.3, -0.25) is 4.57 Å². The van der Waals surface area contributed by atoms with Gasteiger partial charge in [0.15, 0.2) is 0 Å². The minimum Gasteiger partial charge on any atom is -0.495 e. The maximum atomic E-state index is 6.03. The third kappa shape index (κ3) is 2.30. The molecule has 1 heterocycles. The van der Waals surface area contributed by atoms with E-state index in [0.29, 0.717) is 5.28 Å². The van der Waals surface area contributed by atoms with E-state index in [1.807, 2.05) is 25.1 Å². The summed E-state index contributed by atoms with van der Waals surface area (Å²) in [5, 5.41) is 8.24. The second-order valence-corrected chi connectivity index (χ2v) is 4.59. The van der Waals surface area contributed by atoms with Gasteiger partial charge in [-0.1, -0.05) is 6.92 Å². The Bertz CT molecular complexity index is 542. The lowest BCUT2D eigenvalue weighted by molar-refractivity contribution is 0.412. The van der Waals surface area contributed by atoms with Crippen molar-refractivity contribution in [1.29, 1.82) is 0 Å². The zero-order chi connectivity index (χ0) is 12.4. The standard InChI is InChI=1S/C11H11BrClN3O/c1-3-10-14-15-11(13)16(10)7-4-5-8(12)9(6-7)17-2/h4-6H,3H2,1-2H3. The highest BCUT2D eigenvalue weighted by atomic mass is 79.9. The first-order valence-corrected chi connectivity index (χ1v) is 6.28. The summed E-state index contributed by atoms with van der Waals surface area (Å²) < 4.78 is 7.95. The molecular weight excluding hydrogens is 305 g/mol. The minimum atomic E-state index is 0.353. The Hall–Kier alpha value is -1.07. The third-order valence-corrected chi connectivity index (χ3v) is 3.30. The number of hydrogen-bond donors (Lipinski definition) is 0. The molecule has 1 aromatic carbocycles. The molecule has 1 aromatic heterocycles. The van der Waals surface area contributed by atoms with E-state index in [2.05, 4.69) is 26.1 Å². The first-order chi connectivity index (χ1) is 8.17. The topological polar surface area (TPSA) is 39.9 Å². The van der Waals surface area contributed by atoms with Crippen LogP contribution in [0.3, 0.4) is 0 Å². The number of rotatable bonds is 3. The summed E-state index contributed by atoms with van der Waals surface area (Å²) in [6.07, 6.45) is 0.762. The highest BCUT2D eigenvalue weighted by Crippen LogP contribution is 2.28. The zero-order valence-corrected chi connectivity index (χ0v) is 11.8. The summed E-state index contributed by atoms with van der Waals surface area (Å²) in [6, 6.07) is 5.73. The SMILES string of the molecule is CCc1nnc(Cl)n1-c1ccc(Br)c(OC)c1. The molecule has 17 heavy (non-hydrogen) atoms. The molecule has 0 saturated heterocycles.